The fraction of sp³-hybridized carbons (Fsp3) is 0.235. The molecule has 2 heterocycles. The van der Waals surface area contributed by atoms with Crippen molar-refractivity contribution < 1.29 is 10.0 Å². The summed E-state index contributed by atoms with van der Waals surface area (Å²) in [5.74, 6) is -0.292. The number of rotatable bonds is 6. The Hall–Kier alpha value is -3.53. The van der Waals surface area contributed by atoms with Gasteiger partial charge in [-0.3, -0.25) is 14.9 Å². The molecule has 0 aliphatic carbocycles. The van der Waals surface area contributed by atoms with E-state index in [0.29, 0.717) is 23.6 Å². The van der Waals surface area contributed by atoms with E-state index < -0.39 is 10.4 Å². The lowest BCUT2D eigenvalue weighted by Gasteiger charge is -2.13. The molecule has 10 heteroatoms. The van der Waals surface area contributed by atoms with Gasteiger partial charge in [0.1, 0.15) is 5.69 Å². The summed E-state index contributed by atoms with van der Waals surface area (Å²) in [7, 11) is 1.76. The molecule has 3 aromatic rings. The van der Waals surface area contributed by atoms with Gasteiger partial charge in [-0.15, -0.1) is 5.10 Å². The van der Waals surface area contributed by atoms with Crippen molar-refractivity contribution in [2.75, 3.05) is 0 Å². The molecule has 0 unspecified atom stereocenters. The Bertz CT molecular complexity index is 1060. The highest BCUT2D eigenvalue weighted by atomic mass is 16.6. The molecular weight excluding hydrogens is 352 g/mol. The average molecular weight is 370 g/mol. The molecule has 1 aromatic carbocycles. The Kier molecular flexibility index (Phi) is 4.99. The molecule has 0 bridgehead atoms. The first-order valence-electron chi connectivity index (χ1n) is 8.12. The summed E-state index contributed by atoms with van der Waals surface area (Å²) in [4.78, 5) is 22.4. The molecule has 2 N–H and O–H groups in total. The summed E-state index contributed by atoms with van der Waals surface area (Å²) in [5.41, 5.74) is 1.58. The van der Waals surface area contributed by atoms with Crippen molar-refractivity contribution in [2.45, 2.75) is 20.0 Å². The van der Waals surface area contributed by atoms with Gasteiger partial charge in [-0.25, -0.2) is 4.68 Å². The molecule has 0 aliphatic rings. The van der Waals surface area contributed by atoms with E-state index in [4.69, 9.17) is 0 Å². The molecule has 0 saturated carbocycles. The average Bonchev–Trinajstić information content (AvgIpc) is 3.11. The predicted molar refractivity (Wildman–Crippen MR) is 96.6 cm³/mol. The first-order chi connectivity index (χ1) is 12.9. The smallest absolute Gasteiger partial charge is 0.294 e. The zero-order valence-electron chi connectivity index (χ0n) is 14.8. The van der Waals surface area contributed by atoms with E-state index in [1.807, 2.05) is 0 Å². The lowest BCUT2D eigenvalue weighted by atomic mass is 10.2. The lowest BCUT2D eigenvalue weighted by molar-refractivity contribution is -0.384. The van der Waals surface area contributed by atoms with Crippen LogP contribution in [0.3, 0.4) is 0 Å². The molecule has 3 rings (SSSR count). The third-order valence-corrected chi connectivity index (χ3v) is 4.25. The van der Waals surface area contributed by atoms with Gasteiger partial charge >= 0.3 is 0 Å². The van der Waals surface area contributed by atoms with E-state index in [-0.39, 0.29) is 18.0 Å². The minimum absolute atomic E-state index is 0.0680. The van der Waals surface area contributed by atoms with Gasteiger partial charge in [0.2, 0.25) is 5.43 Å². The van der Waals surface area contributed by atoms with Crippen LogP contribution in [0.4, 0.5) is 5.69 Å². The fourth-order valence-corrected chi connectivity index (χ4v) is 2.69. The third-order valence-electron chi connectivity index (χ3n) is 4.25. The minimum atomic E-state index is -0.476. The molecule has 2 aromatic heterocycles. The van der Waals surface area contributed by atoms with Crippen LogP contribution in [0.1, 0.15) is 17.1 Å². The second kappa shape index (κ2) is 7.38. The van der Waals surface area contributed by atoms with Gasteiger partial charge in [0, 0.05) is 38.0 Å². The van der Waals surface area contributed by atoms with Gasteiger partial charge < -0.3 is 15.0 Å². The van der Waals surface area contributed by atoms with Crippen molar-refractivity contribution in [3.05, 3.63) is 73.9 Å². The number of pyridine rings is 1. The number of benzene rings is 1. The van der Waals surface area contributed by atoms with Crippen molar-refractivity contribution in [1.82, 2.24) is 24.9 Å². The molecule has 10 nitrogen and oxygen atoms in total. The van der Waals surface area contributed by atoms with E-state index in [2.05, 4.69) is 15.6 Å². The Labute approximate surface area is 153 Å². The molecule has 0 aliphatic heterocycles. The van der Waals surface area contributed by atoms with E-state index in [1.54, 1.807) is 42.9 Å². The van der Waals surface area contributed by atoms with E-state index in [1.165, 1.54) is 16.8 Å². The number of nitro benzene ring substituents is 1. The van der Waals surface area contributed by atoms with Crippen molar-refractivity contribution in [1.29, 1.82) is 0 Å². The summed E-state index contributed by atoms with van der Waals surface area (Å²) < 4.78 is 3.07. The second-order valence-electron chi connectivity index (χ2n) is 6.01. The molecule has 140 valence electrons. The fourth-order valence-electron chi connectivity index (χ4n) is 2.69. The number of aryl methyl sites for hydroxylation is 1. The van der Waals surface area contributed by atoms with Crippen LogP contribution in [-0.2, 0) is 20.1 Å². The molecule has 0 radical (unpaired) electrons. The minimum Gasteiger partial charge on any atom is -0.503 e. The summed E-state index contributed by atoms with van der Waals surface area (Å²) in [5, 5.41) is 32.1. The van der Waals surface area contributed by atoms with Gasteiger partial charge in [-0.1, -0.05) is 17.3 Å². The highest BCUT2D eigenvalue weighted by Crippen LogP contribution is 2.21. The number of aromatic nitrogens is 4. The molecule has 0 spiro atoms. The maximum atomic E-state index is 11.7. The van der Waals surface area contributed by atoms with Crippen molar-refractivity contribution in [3.63, 3.8) is 0 Å². The van der Waals surface area contributed by atoms with Crippen molar-refractivity contribution >= 4 is 5.69 Å². The van der Waals surface area contributed by atoms with Crippen molar-refractivity contribution in [3.8, 4) is 11.4 Å². The van der Waals surface area contributed by atoms with Gasteiger partial charge in [0.25, 0.3) is 5.69 Å². The number of hydrogen-bond donors (Lipinski definition) is 2. The summed E-state index contributed by atoms with van der Waals surface area (Å²) >= 11 is 0. The predicted octanol–water partition coefficient (Wildman–Crippen LogP) is 1.18. The monoisotopic (exact) mass is 370 g/mol. The van der Waals surface area contributed by atoms with E-state index >= 15 is 0 Å². The molecule has 0 saturated heterocycles. The zero-order chi connectivity index (χ0) is 19.6. The van der Waals surface area contributed by atoms with Gasteiger partial charge in [-0.2, -0.15) is 0 Å². The lowest BCUT2D eigenvalue weighted by Crippen LogP contribution is -2.20. The summed E-state index contributed by atoms with van der Waals surface area (Å²) in [6, 6.07) is 7.63. The highest BCUT2D eigenvalue weighted by molar-refractivity contribution is 5.51. The van der Waals surface area contributed by atoms with Crippen LogP contribution >= 0.6 is 0 Å². The van der Waals surface area contributed by atoms with Gasteiger partial charge in [-0.05, 0) is 13.0 Å². The van der Waals surface area contributed by atoms with Crippen LogP contribution < -0.4 is 10.7 Å². The SMILES string of the molecule is Cc1cc(=O)c(O)c(CNCc2cn(-c3ccccc3[N+](=O)[O-])nn2)n1C. The molecular formula is C17H18N6O4. The number of nitrogens with one attached hydrogen (secondary N) is 1. The standard InChI is InChI=1S/C17H18N6O4/c1-11-7-16(24)17(25)15(21(11)2)9-18-8-12-10-22(20-19-12)13-5-3-4-6-14(13)23(26)27/h3-7,10,18,25H,8-9H2,1-2H3. The Morgan fingerprint density at radius 3 is 2.78 bits per heavy atom. The highest BCUT2D eigenvalue weighted by Gasteiger charge is 2.16. The number of nitrogens with zero attached hydrogens (tertiary/aromatic N) is 5. The number of nitro groups is 1. The van der Waals surface area contributed by atoms with Gasteiger partial charge in [0.05, 0.1) is 22.5 Å². The number of aromatic hydroxyl groups is 1. The quantitative estimate of drug-likeness (QED) is 0.492. The van der Waals surface area contributed by atoms with Gasteiger partial charge in [0.15, 0.2) is 5.75 Å². The summed E-state index contributed by atoms with van der Waals surface area (Å²) in [6.07, 6.45) is 1.59. The Morgan fingerprint density at radius 2 is 2.04 bits per heavy atom. The maximum Gasteiger partial charge on any atom is 0.294 e. The zero-order valence-corrected chi connectivity index (χ0v) is 14.8. The van der Waals surface area contributed by atoms with E-state index in [9.17, 15) is 20.0 Å². The van der Waals surface area contributed by atoms with Crippen LogP contribution in [0.2, 0.25) is 0 Å². The topological polar surface area (TPSA) is 128 Å². The van der Waals surface area contributed by atoms with Crippen LogP contribution in [0.25, 0.3) is 5.69 Å². The molecule has 0 fully saturated rings. The normalized spacial score (nSPS) is 10.9. The first kappa shape index (κ1) is 18.3. The number of hydrogen-bond acceptors (Lipinski definition) is 7. The maximum absolute atomic E-state index is 11.7. The largest absolute Gasteiger partial charge is 0.503 e. The first-order valence-corrected chi connectivity index (χ1v) is 8.12. The van der Waals surface area contributed by atoms with Crippen LogP contribution in [0.5, 0.6) is 5.75 Å². The van der Waals surface area contributed by atoms with Crippen LogP contribution in [0.15, 0.2) is 41.3 Å². The number of para-hydroxylation sites is 2. The molecule has 27 heavy (non-hydrogen) atoms. The van der Waals surface area contributed by atoms with Crippen LogP contribution in [-0.4, -0.2) is 29.6 Å². The Morgan fingerprint density at radius 1 is 1.30 bits per heavy atom. The summed E-state index contributed by atoms with van der Waals surface area (Å²) in [6.45, 7) is 2.34. The van der Waals surface area contributed by atoms with Crippen LogP contribution in [0, 0.1) is 17.0 Å². The Balaban J connectivity index is 1.74. The van der Waals surface area contributed by atoms with Crippen molar-refractivity contribution in [2.24, 2.45) is 7.05 Å². The third kappa shape index (κ3) is 3.70. The molecule has 0 atom stereocenters. The molecule has 0 amide bonds. The van der Waals surface area contributed by atoms with E-state index in [0.717, 1.165) is 5.69 Å². The second-order valence-corrected chi connectivity index (χ2v) is 6.01.